The van der Waals surface area contributed by atoms with Crippen molar-refractivity contribution in [1.82, 2.24) is 25.1 Å². The maximum atomic E-state index is 14.7. The lowest BCUT2D eigenvalue weighted by atomic mass is 9.76. The van der Waals surface area contributed by atoms with Crippen molar-refractivity contribution in [2.75, 3.05) is 24.5 Å². The molecule has 2 saturated heterocycles. The number of nitrogens with zero attached hydrogens (tertiary/aromatic N) is 5. The standard InChI is InChI=1S/C31H30ClF3N6O4/c1-19-9-12-41(39-19)24-15-20(32)7-8-22(24)27(31(33,34)35)45-26-16-25(37-29(38-26)44-21-5-3-2-4-6-21)40-13-10-30(11-14-40)17-23(28(42)43)36-18-30/h2-9,12,15-16,23,27,36H,10-11,13-14,17-18H2,1H3,(H,42,43). The topological polar surface area (TPSA) is 115 Å². The summed E-state index contributed by atoms with van der Waals surface area (Å²) in [5, 5.41) is 17.0. The summed E-state index contributed by atoms with van der Waals surface area (Å²) in [6.07, 6.45) is -3.84. The highest BCUT2D eigenvalue weighted by Crippen LogP contribution is 2.43. The minimum atomic E-state index is -4.84. The number of aryl methyl sites for hydroxylation is 1. The first-order valence-corrected chi connectivity index (χ1v) is 14.7. The van der Waals surface area contributed by atoms with Gasteiger partial charge >= 0.3 is 18.2 Å². The zero-order valence-electron chi connectivity index (χ0n) is 24.2. The van der Waals surface area contributed by atoms with E-state index in [0.717, 1.165) is 0 Å². The lowest BCUT2D eigenvalue weighted by molar-refractivity contribution is -0.198. The molecule has 236 valence electrons. The minimum absolute atomic E-state index is 0.110. The van der Waals surface area contributed by atoms with Crippen molar-refractivity contribution in [2.45, 2.75) is 44.5 Å². The van der Waals surface area contributed by atoms with E-state index in [2.05, 4.69) is 20.4 Å². The van der Waals surface area contributed by atoms with E-state index >= 15 is 0 Å². The van der Waals surface area contributed by atoms with Crippen molar-refractivity contribution >= 4 is 23.4 Å². The molecule has 2 aromatic heterocycles. The van der Waals surface area contributed by atoms with E-state index in [1.165, 1.54) is 28.9 Å². The highest BCUT2D eigenvalue weighted by Gasteiger charge is 2.46. The fourth-order valence-electron chi connectivity index (χ4n) is 5.85. The van der Waals surface area contributed by atoms with Crippen LogP contribution in [0.2, 0.25) is 5.02 Å². The molecule has 2 aliphatic rings. The van der Waals surface area contributed by atoms with E-state index < -0.39 is 24.3 Å². The van der Waals surface area contributed by atoms with Crippen molar-refractivity contribution in [1.29, 1.82) is 0 Å². The number of para-hydroxylation sites is 1. The lowest BCUT2D eigenvalue weighted by Crippen LogP contribution is -2.41. The number of hydrogen-bond donors (Lipinski definition) is 2. The highest BCUT2D eigenvalue weighted by molar-refractivity contribution is 6.30. The number of hydrogen-bond acceptors (Lipinski definition) is 8. The van der Waals surface area contributed by atoms with Crippen molar-refractivity contribution in [2.24, 2.45) is 5.41 Å². The molecular weight excluding hydrogens is 613 g/mol. The number of halogens is 4. The summed E-state index contributed by atoms with van der Waals surface area (Å²) in [5.41, 5.74) is 0.345. The summed E-state index contributed by atoms with van der Waals surface area (Å²) in [6.45, 7) is 3.34. The van der Waals surface area contributed by atoms with Gasteiger partial charge in [-0.15, -0.1) is 0 Å². The maximum absolute atomic E-state index is 14.7. The van der Waals surface area contributed by atoms with Gasteiger partial charge in [0, 0.05) is 42.5 Å². The summed E-state index contributed by atoms with van der Waals surface area (Å²) in [7, 11) is 0. The first kappa shape index (κ1) is 30.7. The lowest BCUT2D eigenvalue weighted by Gasteiger charge is -2.39. The normalized spacial score (nSPS) is 18.6. The number of ether oxygens (including phenoxy) is 2. The first-order chi connectivity index (χ1) is 21.5. The molecule has 14 heteroatoms. The van der Waals surface area contributed by atoms with Gasteiger partial charge in [0.25, 0.3) is 0 Å². The third-order valence-corrected chi connectivity index (χ3v) is 8.44. The molecule has 4 heterocycles. The fourth-order valence-corrected chi connectivity index (χ4v) is 6.02. The van der Waals surface area contributed by atoms with Gasteiger partial charge in [-0.3, -0.25) is 4.79 Å². The summed E-state index contributed by atoms with van der Waals surface area (Å²) in [5.74, 6) is -0.474. The molecule has 0 amide bonds. The Morgan fingerprint density at radius 2 is 1.87 bits per heavy atom. The third kappa shape index (κ3) is 6.84. The molecule has 10 nitrogen and oxygen atoms in total. The minimum Gasteiger partial charge on any atom is -0.480 e. The molecule has 0 saturated carbocycles. The van der Waals surface area contributed by atoms with E-state index in [-0.39, 0.29) is 33.6 Å². The van der Waals surface area contributed by atoms with Gasteiger partial charge in [-0.25, -0.2) is 4.68 Å². The van der Waals surface area contributed by atoms with Crippen LogP contribution in [0.25, 0.3) is 5.69 Å². The second kappa shape index (κ2) is 12.2. The Morgan fingerprint density at radius 1 is 1.11 bits per heavy atom. The molecule has 2 N–H and O–H groups in total. The maximum Gasteiger partial charge on any atom is 0.429 e. The first-order valence-electron chi connectivity index (χ1n) is 14.4. The fraction of sp³-hybridized carbons (Fsp3) is 0.355. The quantitative estimate of drug-likeness (QED) is 0.234. The molecule has 2 aliphatic heterocycles. The number of piperidine rings is 1. The van der Waals surface area contributed by atoms with Crippen LogP contribution >= 0.6 is 11.6 Å². The SMILES string of the molecule is Cc1ccn(-c2cc(Cl)ccc2C(Oc2cc(N3CCC4(CC3)CNC(C(=O)O)C4)nc(Oc3ccccc3)n2)C(F)(F)F)n1. The zero-order valence-corrected chi connectivity index (χ0v) is 24.9. The summed E-state index contributed by atoms with van der Waals surface area (Å²) in [4.78, 5) is 22.2. The second-order valence-corrected chi connectivity index (χ2v) is 11.8. The summed E-state index contributed by atoms with van der Waals surface area (Å²) in [6, 6.07) is 15.0. The van der Waals surface area contributed by atoms with Crippen LogP contribution in [-0.4, -0.2) is 62.7 Å². The van der Waals surface area contributed by atoms with Crippen LogP contribution in [0.1, 0.15) is 36.6 Å². The number of anilines is 1. The van der Waals surface area contributed by atoms with Crippen LogP contribution in [0, 0.1) is 12.3 Å². The monoisotopic (exact) mass is 642 g/mol. The summed E-state index contributed by atoms with van der Waals surface area (Å²) >= 11 is 6.19. The van der Waals surface area contributed by atoms with Gasteiger partial charge in [0.05, 0.1) is 11.4 Å². The van der Waals surface area contributed by atoms with Crippen LogP contribution < -0.4 is 19.7 Å². The average Bonchev–Trinajstić information content (AvgIpc) is 3.63. The Bertz CT molecular complexity index is 1680. The Kier molecular flexibility index (Phi) is 8.31. The average molecular weight is 643 g/mol. The van der Waals surface area contributed by atoms with Crippen LogP contribution in [-0.2, 0) is 4.79 Å². The van der Waals surface area contributed by atoms with Gasteiger partial charge in [0.1, 0.15) is 17.6 Å². The number of aliphatic carboxylic acids is 1. The van der Waals surface area contributed by atoms with E-state index in [1.807, 2.05) is 4.90 Å². The summed E-state index contributed by atoms with van der Waals surface area (Å²) < 4.78 is 57.0. The number of aromatic nitrogens is 4. The molecule has 2 atom stereocenters. The number of rotatable bonds is 8. The van der Waals surface area contributed by atoms with Crippen LogP contribution in [0.3, 0.4) is 0 Å². The van der Waals surface area contributed by atoms with Crippen molar-refractivity contribution in [3.63, 3.8) is 0 Å². The third-order valence-electron chi connectivity index (χ3n) is 8.21. The van der Waals surface area contributed by atoms with Gasteiger partial charge in [-0.2, -0.15) is 28.2 Å². The molecule has 2 fully saturated rings. The number of carboxylic acids is 1. The number of carbonyl (C=O) groups is 1. The van der Waals surface area contributed by atoms with Crippen LogP contribution in [0.4, 0.5) is 19.0 Å². The van der Waals surface area contributed by atoms with Crippen molar-refractivity contribution in [3.05, 3.63) is 83.1 Å². The molecule has 1 spiro atoms. The van der Waals surface area contributed by atoms with E-state index in [1.54, 1.807) is 49.5 Å². The smallest absolute Gasteiger partial charge is 0.429 e. The number of benzene rings is 2. The van der Waals surface area contributed by atoms with Crippen LogP contribution in [0.15, 0.2) is 66.9 Å². The van der Waals surface area contributed by atoms with Gasteiger partial charge in [-0.1, -0.05) is 35.9 Å². The predicted molar refractivity (Wildman–Crippen MR) is 159 cm³/mol. The van der Waals surface area contributed by atoms with E-state index in [4.69, 9.17) is 21.1 Å². The molecule has 4 aromatic rings. The second-order valence-electron chi connectivity index (χ2n) is 11.4. The zero-order chi connectivity index (χ0) is 31.8. The van der Waals surface area contributed by atoms with E-state index in [9.17, 15) is 23.1 Å². The molecular formula is C31H30ClF3N6O4. The molecule has 2 aromatic carbocycles. The largest absolute Gasteiger partial charge is 0.480 e. The Hall–Kier alpha value is -4.36. The number of carboxylic acid groups (broad SMARTS) is 1. The predicted octanol–water partition coefficient (Wildman–Crippen LogP) is 6.13. The number of nitrogens with one attached hydrogen (secondary N) is 1. The molecule has 45 heavy (non-hydrogen) atoms. The molecule has 0 aliphatic carbocycles. The van der Waals surface area contributed by atoms with Gasteiger partial charge in [-0.05, 0) is 61.9 Å². The molecule has 0 bridgehead atoms. The van der Waals surface area contributed by atoms with Crippen molar-refractivity contribution < 1.29 is 32.5 Å². The Morgan fingerprint density at radius 3 is 2.51 bits per heavy atom. The Balaban J connectivity index is 1.33. The number of alkyl halides is 3. The van der Waals surface area contributed by atoms with E-state index in [0.29, 0.717) is 56.2 Å². The molecule has 0 radical (unpaired) electrons. The molecule has 2 unspecified atom stereocenters. The van der Waals surface area contributed by atoms with Crippen LogP contribution in [0.5, 0.6) is 17.6 Å². The Labute approximate surface area is 261 Å². The van der Waals surface area contributed by atoms with Gasteiger partial charge in [0.2, 0.25) is 12.0 Å². The van der Waals surface area contributed by atoms with Gasteiger partial charge in [0.15, 0.2) is 0 Å². The highest BCUT2D eigenvalue weighted by atomic mass is 35.5. The van der Waals surface area contributed by atoms with Crippen molar-refractivity contribution in [3.8, 4) is 23.3 Å². The molecule has 6 rings (SSSR count). The van der Waals surface area contributed by atoms with Gasteiger partial charge < -0.3 is 24.8 Å².